The van der Waals surface area contributed by atoms with Crippen molar-refractivity contribution in [1.29, 1.82) is 0 Å². The van der Waals surface area contributed by atoms with Gasteiger partial charge in [0.2, 0.25) is 0 Å². The molecule has 0 bridgehead atoms. The Labute approximate surface area is 153 Å². The molecule has 1 rings (SSSR count). The highest BCUT2D eigenvalue weighted by atomic mass is 79.9. The molecule has 1 fully saturated rings. The molecule has 1 aliphatic rings. The van der Waals surface area contributed by atoms with Crippen LogP contribution in [0.1, 0.15) is 20.8 Å². The third-order valence-electron chi connectivity index (χ3n) is 2.93. The summed E-state index contributed by atoms with van der Waals surface area (Å²) in [5, 5.41) is -0.958. The number of esters is 3. The molecule has 0 radical (unpaired) electrons. The number of hydrogen-bond donors (Lipinski definition) is 0. The first-order valence-corrected chi connectivity index (χ1v) is 9.79. The molecule has 0 N–H and O–H groups in total. The van der Waals surface area contributed by atoms with E-state index in [0.717, 1.165) is 27.0 Å². The first-order chi connectivity index (χ1) is 11.4. The van der Waals surface area contributed by atoms with Gasteiger partial charge in [-0.1, -0.05) is 15.9 Å². The zero-order valence-corrected chi connectivity index (χ0v) is 16.4. The van der Waals surface area contributed by atoms with Gasteiger partial charge in [-0.3, -0.25) is 18.6 Å². The van der Waals surface area contributed by atoms with Crippen LogP contribution in [0.5, 0.6) is 0 Å². The van der Waals surface area contributed by atoms with Gasteiger partial charge in [0, 0.05) is 20.8 Å². The summed E-state index contributed by atoms with van der Waals surface area (Å²) in [6.07, 6.45) is -3.86. The molecule has 0 unspecified atom stereocenters. The molecule has 12 heteroatoms. The Balaban J connectivity index is 3.15. The number of carbonyl (C=O) groups excluding carboxylic acids is 3. The molecule has 1 aliphatic heterocycles. The molecule has 5 atom stereocenters. The van der Waals surface area contributed by atoms with Crippen molar-refractivity contribution in [3.8, 4) is 0 Å². The molecular formula is C13H19BrO10S. The van der Waals surface area contributed by atoms with Crippen molar-refractivity contribution in [2.24, 2.45) is 0 Å². The van der Waals surface area contributed by atoms with Gasteiger partial charge in [0.25, 0.3) is 10.1 Å². The second-order valence-electron chi connectivity index (χ2n) is 5.24. The second kappa shape index (κ2) is 8.92. The summed E-state index contributed by atoms with van der Waals surface area (Å²) in [5.74, 6) is -2.13. The Hall–Kier alpha value is -1.24. The highest BCUT2D eigenvalue weighted by Crippen LogP contribution is 2.31. The van der Waals surface area contributed by atoms with Crippen LogP contribution in [0.15, 0.2) is 0 Å². The molecule has 1 heterocycles. The van der Waals surface area contributed by atoms with Crippen molar-refractivity contribution in [2.45, 2.75) is 50.2 Å². The predicted molar refractivity (Wildman–Crippen MR) is 85.0 cm³/mol. The van der Waals surface area contributed by atoms with Crippen LogP contribution in [-0.4, -0.2) is 68.6 Å². The van der Waals surface area contributed by atoms with Crippen molar-refractivity contribution >= 4 is 44.0 Å². The Morgan fingerprint density at radius 1 is 0.920 bits per heavy atom. The Kier molecular flexibility index (Phi) is 7.78. The Morgan fingerprint density at radius 2 is 1.36 bits per heavy atom. The summed E-state index contributed by atoms with van der Waals surface area (Å²) in [5.41, 5.74) is 0. The number of rotatable bonds is 6. The first kappa shape index (κ1) is 21.8. The molecule has 0 aromatic carbocycles. The maximum atomic E-state index is 11.4. The minimum absolute atomic E-state index is 0.497. The van der Waals surface area contributed by atoms with E-state index in [1.54, 1.807) is 0 Å². The van der Waals surface area contributed by atoms with Crippen molar-refractivity contribution in [3.05, 3.63) is 0 Å². The average molecular weight is 447 g/mol. The lowest BCUT2D eigenvalue weighted by atomic mass is 9.99. The molecule has 0 aromatic rings. The van der Waals surface area contributed by atoms with Crippen LogP contribution in [0.2, 0.25) is 0 Å². The second-order valence-corrected chi connectivity index (χ2v) is 7.78. The lowest BCUT2D eigenvalue weighted by molar-refractivity contribution is -0.233. The van der Waals surface area contributed by atoms with Crippen molar-refractivity contribution in [2.75, 3.05) is 12.9 Å². The van der Waals surface area contributed by atoms with Crippen molar-refractivity contribution in [3.63, 3.8) is 0 Å². The highest BCUT2D eigenvalue weighted by molar-refractivity contribution is 9.09. The number of ether oxygens (including phenoxy) is 4. The number of alkyl halides is 1. The zero-order chi connectivity index (χ0) is 19.4. The molecule has 25 heavy (non-hydrogen) atoms. The lowest BCUT2D eigenvalue weighted by Gasteiger charge is -2.42. The van der Waals surface area contributed by atoms with Crippen LogP contribution < -0.4 is 0 Å². The lowest BCUT2D eigenvalue weighted by Crippen LogP contribution is -2.60. The van der Waals surface area contributed by atoms with Gasteiger partial charge in [-0.05, 0) is 0 Å². The summed E-state index contributed by atoms with van der Waals surface area (Å²) in [4.78, 5) is 34.1. The van der Waals surface area contributed by atoms with Gasteiger partial charge in [-0.15, -0.1) is 0 Å². The smallest absolute Gasteiger partial charge is 0.303 e. The maximum absolute atomic E-state index is 11.4. The van der Waals surface area contributed by atoms with Gasteiger partial charge >= 0.3 is 17.9 Å². The molecule has 0 aliphatic carbocycles. The van der Waals surface area contributed by atoms with Crippen molar-refractivity contribution in [1.82, 2.24) is 0 Å². The van der Waals surface area contributed by atoms with E-state index >= 15 is 0 Å². The fourth-order valence-corrected chi connectivity index (χ4v) is 3.23. The number of halogens is 1. The number of carbonyl (C=O) groups is 3. The average Bonchev–Trinajstić information content (AvgIpc) is 2.41. The quantitative estimate of drug-likeness (QED) is 0.235. The molecule has 0 amide bonds. The van der Waals surface area contributed by atoms with Gasteiger partial charge in [-0.25, -0.2) is 0 Å². The first-order valence-electron chi connectivity index (χ1n) is 7.06. The fourth-order valence-electron chi connectivity index (χ4n) is 2.17. The van der Waals surface area contributed by atoms with Gasteiger partial charge in [0.05, 0.1) is 12.9 Å². The topological polar surface area (TPSA) is 132 Å². The monoisotopic (exact) mass is 446 g/mol. The summed E-state index contributed by atoms with van der Waals surface area (Å²) in [6, 6.07) is 0. The maximum Gasteiger partial charge on any atom is 0.303 e. The van der Waals surface area contributed by atoms with Gasteiger partial charge in [0.15, 0.2) is 23.3 Å². The normalized spacial score (nSPS) is 29.6. The molecule has 144 valence electrons. The van der Waals surface area contributed by atoms with Crippen LogP contribution in [0.4, 0.5) is 0 Å². The van der Waals surface area contributed by atoms with Gasteiger partial charge in [0.1, 0.15) is 6.10 Å². The van der Waals surface area contributed by atoms with E-state index in [9.17, 15) is 22.8 Å². The molecular weight excluding hydrogens is 428 g/mol. The van der Waals surface area contributed by atoms with E-state index in [1.807, 2.05) is 0 Å². The molecule has 1 saturated heterocycles. The van der Waals surface area contributed by atoms with E-state index in [2.05, 4.69) is 20.1 Å². The van der Waals surface area contributed by atoms with Gasteiger partial charge < -0.3 is 18.9 Å². The minimum atomic E-state index is -3.79. The van der Waals surface area contributed by atoms with E-state index in [1.165, 1.54) is 0 Å². The molecule has 10 nitrogen and oxygen atoms in total. The van der Waals surface area contributed by atoms with Crippen LogP contribution in [0, 0.1) is 0 Å². The van der Waals surface area contributed by atoms with Crippen LogP contribution in [-0.2, 0) is 47.6 Å². The third kappa shape index (κ3) is 7.26. The largest absolute Gasteiger partial charge is 0.456 e. The summed E-state index contributed by atoms with van der Waals surface area (Å²) in [7, 11) is -3.79. The zero-order valence-electron chi connectivity index (χ0n) is 14.0. The third-order valence-corrected chi connectivity index (χ3v) is 4.23. The molecule has 0 aromatic heterocycles. The summed E-state index contributed by atoms with van der Waals surface area (Å²) >= 11 is 3.13. The van der Waals surface area contributed by atoms with E-state index in [-0.39, 0.29) is 0 Å². The summed E-state index contributed by atoms with van der Waals surface area (Å²) in [6.45, 7) is 2.88. The van der Waals surface area contributed by atoms with Crippen LogP contribution in [0.3, 0.4) is 0 Å². The Morgan fingerprint density at radius 3 is 1.80 bits per heavy atom. The van der Waals surface area contributed by atoms with E-state index in [4.69, 9.17) is 18.9 Å². The van der Waals surface area contributed by atoms with Gasteiger partial charge in [-0.2, -0.15) is 8.42 Å². The van der Waals surface area contributed by atoms with E-state index in [0.29, 0.717) is 0 Å². The summed E-state index contributed by atoms with van der Waals surface area (Å²) < 4.78 is 47.9. The number of hydrogen-bond acceptors (Lipinski definition) is 10. The standard InChI is InChI=1S/C13H19BrO10S/c1-6(15)21-10-9(5-20-25(4,18)19)24-13(14)12(23-8(3)17)11(10)22-7(2)16/h9-13H,5H2,1-4H3/t9-,10-,11+,12+,13+/m1/s1. The van der Waals surface area contributed by atoms with Crippen LogP contribution >= 0.6 is 15.9 Å². The fraction of sp³-hybridized carbons (Fsp3) is 0.769. The molecule has 0 saturated carbocycles. The molecule has 0 spiro atoms. The Bertz CT molecular complexity index is 618. The van der Waals surface area contributed by atoms with E-state index < -0.39 is 64.1 Å². The predicted octanol–water partition coefficient (Wildman–Crippen LogP) is -0.122. The minimum Gasteiger partial charge on any atom is -0.456 e. The SMILES string of the molecule is CC(=O)O[C@@H]1[C@H](OC(C)=O)[C@@H](Br)O[C@H](COS(C)(=O)=O)[C@H]1OC(C)=O. The van der Waals surface area contributed by atoms with Crippen molar-refractivity contribution < 1.29 is 45.9 Å². The van der Waals surface area contributed by atoms with Crippen LogP contribution in [0.25, 0.3) is 0 Å². The highest BCUT2D eigenvalue weighted by Gasteiger charge is 2.51.